The van der Waals surface area contributed by atoms with E-state index in [2.05, 4.69) is 71.1 Å². The lowest BCUT2D eigenvalue weighted by atomic mass is 10.1. The van der Waals surface area contributed by atoms with Gasteiger partial charge in [0, 0.05) is 24.3 Å². The maximum Gasteiger partial charge on any atom is 0.441 e. The van der Waals surface area contributed by atoms with Gasteiger partial charge in [-0.1, -0.05) is 37.1 Å². The van der Waals surface area contributed by atoms with Crippen molar-refractivity contribution in [1.29, 1.82) is 0 Å². The molecule has 2 heterocycles. The van der Waals surface area contributed by atoms with Crippen LogP contribution in [0.2, 0.25) is 0 Å². The van der Waals surface area contributed by atoms with E-state index in [1.165, 1.54) is 56.8 Å². The van der Waals surface area contributed by atoms with E-state index >= 15 is 0 Å². The van der Waals surface area contributed by atoms with Crippen LogP contribution in [0.3, 0.4) is 0 Å². The van der Waals surface area contributed by atoms with Gasteiger partial charge in [0.05, 0.1) is 12.8 Å². The molecule has 0 bridgehead atoms. The second kappa shape index (κ2) is 7.68. The summed E-state index contributed by atoms with van der Waals surface area (Å²) >= 11 is 3.76. The quantitative estimate of drug-likeness (QED) is 0.287. The third kappa shape index (κ3) is 3.44. The maximum atomic E-state index is 4.21. The predicted octanol–water partition coefficient (Wildman–Crippen LogP) is 4.59. The molecule has 130 valence electrons. The minimum absolute atomic E-state index is 1.13. The van der Waals surface area contributed by atoms with E-state index in [0.717, 1.165) is 12.8 Å². The van der Waals surface area contributed by atoms with Crippen molar-refractivity contribution >= 4 is 57.5 Å². The van der Waals surface area contributed by atoms with E-state index in [-0.39, 0.29) is 0 Å². The van der Waals surface area contributed by atoms with Gasteiger partial charge in [-0.05, 0) is 12.8 Å². The third-order valence-electron chi connectivity index (χ3n) is 4.90. The van der Waals surface area contributed by atoms with Gasteiger partial charge in [-0.3, -0.25) is 0 Å². The van der Waals surface area contributed by atoms with Gasteiger partial charge < -0.3 is 0 Å². The summed E-state index contributed by atoms with van der Waals surface area (Å²) in [5.41, 5.74) is 2.49. The molecule has 2 aromatic rings. The number of para-hydroxylation sites is 2. The van der Waals surface area contributed by atoms with Gasteiger partial charge in [0.15, 0.2) is 0 Å². The summed E-state index contributed by atoms with van der Waals surface area (Å²) < 4.78 is 4.23. The Balaban J connectivity index is 1.20. The molecule has 2 nitrogen and oxygen atoms in total. The minimum Gasteiger partial charge on any atom is -0.116 e. The molecule has 0 fully saturated rings. The fraction of sp³-hybridized carbons (Fsp3) is 0.273. The highest BCUT2D eigenvalue weighted by Gasteiger charge is 2.39. The van der Waals surface area contributed by atoms with Crippen LogP contribution in [0.4, 0.5) is 11.4 Å². The van der Waals surface area contributed by atoms with E-state index in [1.807, 2.05) is 22.7 Å². The zero-order valence-corrected chi connectivity index (χ0v) is 16.6. The van der Waals surface area contributed by atoms with Crippen LogP contribution >= 0.6 is 0 Å². The van der Waals surface area contributed by atoms with E-state index in [9.17, 15) is 0 Å². The Labute approximate surface area is 163 Å². The number of hydrogen-bond donors (Lipinski definition) is 0. The Morgan fingerprint density at radius 2 is 1.04 bits per heavy atom. The molecule has 0 aromatic heterocycles. The van der Waals surface area contributed by atoms with Crippen LogP contribution in [0.15, 0.2) is 58.3 Å². The Morgan fingerprint density at radius 1 is 0.615 bits per heavy atom. The highest BCUT2D eigenvalue weighted by atomic mass is 32.1. The molecule has 0 radical (unpaired) electrons. The first kappa shape index (κ1) is 17.4. The van der Waals surface area contributed by atoms with Crippen molar-refractivity contribution in [2.45, 2.75) is 48.3 Å². The summed E-state index contributed by atoms with van der Waals surface area (Å²) in [7, 11) is 0. The zero-order chi connectivity index (χ0) is 17.9. The summed E-state index contributed by atoms with van der Waals surface area (Å²) in [5.74, 6) is 0. The van der Waals surface area contributed by atoms with Crippen LogP contribution in [0.25, 0.3) is 0 Å². The molecule has 0 atom stereocenters. The number of nitrogens with zero attached hydrogens (tertiary/aromatic N) is 2. The standard InChI is InChI=1S/C22H24N2S2/c1-23-17-11-7-9-13-19(17)25-21(23)15-5-3-4-6-16-22-24(2)18-12-8-10-14-20(18)26-22/h7-14H,1-6,15-16H2/q+4. The second-order valence-electron chi connectivity index (χ2n) is 6.70. The van der Waals surface area contributed by atoms with Crippen molar-refractivity contribution in [3.63, 3.8) is 0 Å². The molecule has 2 aromatic carbocycles. The van der Waals surface area contributed by atoms with Gasteiger partial charge in [0.25, 0.3) is 11.4 Å². The lowest BCUT2D eigenvalue weighted by Gasteiger charge is -1.96. The Hall–Kier alpha value is -2.04. The summed E-state index contributed by atoms with van der Waals surface area (Å²) in [6.07, 6.45) is 7.27. The van der Waals surface area contributed by atoms with E-state index < -0.39 is 0 Å². The molecule has 4 rings (SSSR count). The van der Waals surface area contributed by atoms with Crippen LogP contribution in [-0.4, -0.2) is 32.6 Å². The molecule has 0 amide bonds. The second-order valence-corrected chi connectivity index (χ2v) is 8.93. The molecular weight excluding hydrogens is 356 g/mol. The summed E-state index contributed by atoms with van der Waals surface area (Å²) in [4.78, 5) is 5.43. The van der Waals surface area contributed by atoms with Gasteiger partial charge in [-0.2, -0.15) is 0 Å². The van der Waals surface area contributed by atoms with E-state index in [1.54, 1.807) is 0 Å². The average molecular weight is 381 g/mol. The SMILES string of the molecule is C=[N+]1C(CCCCCCC2=[S+]c3ccccc3[N+]2=C)=[S+]c2ccccc21. The van der Waals surface area contributed by atoms with Crippen molar-refractivity contribution in [2.75, 3.05) is 0 Å². The summed E-state index contributed by atoms with van der Waals surface area (Å²) in [6.45, 7) is 8.43. The molecule has 0 aliphatic carbocycles. The molecular formula is C22H24N2S2+4. The number of benzene rings is 2. The molecule has 26 heavy (non-hydrogen) atoms. The normalized spacial score (nSPS) is 14.9. The van der Waals surface area contributed by atoms with Crippen molar-refractivity contribution in [3.05, 3.63) is 48.5 Å². The Morgan fingerprint density at radius 3 is 1.46 bits per heavy atom. The summed E-state index contributed by atoms with van der Waals surface area (Å²) in [6, 6.07) is 17.1. The molecule has 0 unspecified atom stereocenters. The van der Waals surface area contributed by atoms with Crippen LogP contribution < -0.4 is 0 Å². The first-order chi connectivity index (χ1) is 12.7. The van der Waals surface area contributed by atoms with Crippen molar-refractivity contribution < 1.29 is 9.15 Å². The van der Waals surface area contributed by atoms with E-state index in [0.29, 0.717) is 0 Å². The first-order valence-corrected chi connectivity index (χ1v) is 10.8. The fourth-order valence-electron chi connectivity index (χ4n) is 3.44. The van der Waals surface area contributed by atoms with Crippen LogP contribution in [0.5, 0.6) is 0 Å². The van der Waals surface area contributed by atoms with Crippen molar-refractivity contribution in [3.8, 4) is 0 Å². The minimum atomic E-state index is 1.13. The number of hydrogen-bond acceptors (Lipinski definition) is 0. The monoisotopic (exact) mass is 380 g/mol. The van der Waals surface area contributed by atoms with Gasteiger partial charge in [-0.15, -0.1) is 9.15 Å². The lowest BCUT2D eigenvalue weighted by Crippen LogP contribution is -2.11. The Kier molecular flexibility index (Phi) is 5.14. The highest BCUT2D eigenvalue weighted by Crippen LogP contribution is 2.27. The average Bonchev–Trinajstić information content (AvgIpc) is 3.16. The molecule has 0 saturated carbocycles. The van der Waals surface area contributed by atoms with E-state index in [4.69, 9.17) is 0 Å². The molecule has 4 heteroatoms. The lowest BCUT2D eigenvalue weighted by molar-refractivity contribution is -0.294. The molecule has 2 aliphatic heterocycles. The first-order valence-electron chi connectivity index (χ1n) is 9.21. The predicted molar refractivity (Wildman–Crippen MR) is 116 cm³/mol. The number of fused-ring (bicyclic) bond motifs is 2. The van der Waals surface area contributed by atoms with Gasteiger partial charge in [0.1, 0.15) is 13.4 Å². The van der Waals surface area contributed by atoms with Crippen LogP contribution in [-0.2, 0) is 22.7 Å². The van der Waals surface area contributed by atoms with Crippen LogP contribution in [0.1, 0.15) is 38.5 Å². The highest BCUT2D eigenvalue weighted by molar-refractivity contribution is 7.79. The Bertz CT molecular complexity index is 863. The molecule has 0 N–H and O–H groups in total. The van der Waals surface area contributed by atoms with Crippen LogP contribution in [0, 0.1) is 0 Å². The third-order valence-corrected chi connectivity index (χ3v) is 7.35. The van der Waals surface area contributed by atoms with Gasteiger partial charge in [0.2, 0.25) is 0 Å². The number of rotatable bonds is 7. The van der Waals surface area contributed by atoms with Gasteiger partial charge in [-0.25, -0.2) is 0 Å². The maximum absolute atomic E-state index is 4.21. The van der Waals surface area contributed by atoms with Gasteiger partial charge >= 0.3 is 42.5 Å². The number of unbranched alkanes of at least 4 members (excludes halogenated alkanes) is 3. The molecule has 0 spiro atoms. The smallest absolute Gasteiger partial charge is 0.116 e. The molecule has 2 aliphatic rings. The topological polar surface area (TPSA) is 6.02 Å². The van der Waals surface area contributed by atoms with Crippen molar-refractivity contribution in [1.82, 2.24) is 0 Å². The summed E-state index contributed by atoms with van der Waals surface area (Å²) in [5, 5.41) is 0. The molecule has 0 saturated heterocycles. The largest absolute Gasteiger partial charge is 0.441 e. The fourth-order valence-corrected chi connectivity index (χ4v) is 5.72. The van der Waals surface area contributed by atoms with Crippen molar-refractivity contribution in [2.24, 2.45) is 0 Å². The zero-order valence-electron chi connectivity index (χ0n) is 15.0.